The Kier molecular flexibility index (Phi) is 4.39. The lowest BCUT2D eigenvalue weighted by atomic mass is 10.2. The van der Waals surface area contributed by atoms with Crippen molar-refractivity contribution in [2.24, 2.45) is 5.92 Å². The average molecular weight is 199 g/mol. The second-order valence-corrected chi connectivity index (χ2v) is 4.35. The zero-order chi connectivity index (χ0) is 10.6. The van der Waals surface area contributed by atoms with Gasteiger partial charge in [-0.3, -0.25) is 4.79 Å². The summed E-state index contributed by atoms with van der Waals surface area (Å²) in [7, 11) is 0. The first-order valence-corrected chi connectivity index (χ1v) is 5.61. The summed E-state index contributed by atoms with van der Waals surface area (Å²) in [6, 6.07) is 0.427. The smallest absolute Gasteiger partial charge is 0.220 e. The first kappa shape index (κ1) is 11.5. The van der Waals surface area contributed by atoms with Crippen molar-refractivity contribution >= 4 is 5.91 Å². The minimum absolute atomic E-state index is 0.0921. The van der Waals surface area contributed by atoms with Gasteiger partial charge >= 0.3 is 0 Å². The molecule has 0 spiro atoms. The molecule has 1 rings (SSSR count). The summed E-state index contributed by atoms with van der Waals surface area (Å²) in [6.07, 6.45) is 4.22. The van der Waals surface area contributed by atoms with Crippen molar-refractivity contribution in [2.45, 2.75) is 58.1 Å². The van der Waals surface area contributed by atoms with E-state index in [1.54, 1.807) is 6.92 Å². The Balaban J connectivity index is 2.05. The highest BCUT2D eigenvalue weighted by Gasteiger charge is 2.36. The summed E-state index contributed by atoms with van der Waals surface area (Å²) in [5.74, 6) is 0.810. The first-order valence-electron chi connectivity index (χ1n) is 5.61. The number of amides is 1. The van der Waals surface area contributed by atoms with Crippen molar-refractivity contribution in [3.8, 4) is 0 Å². The van der Waals surface area contributed by atoms with Crippen LogP contribution in [0.4, 0.5) is 0 Å². The maximum absolute atomic E-state index is 11.3. The molecule has 14 heavy (non-hydrogen) atoms. The average Bonchev–Trinajstić information content (AvgIpc) is 2.81. The second-order valence-electron chi connectivity index (χ2n) is 4.35. The molecule has 1 fully saturated rings. The maximum atomic E-state index is 11.3. The van der Waals surface area contributed by atoms with Crippen molar-refractivity contribution < 1.29 is 9.90 Å². The number of hydrogen-bond donors (Lipinski definition) is 2. The third-order valence-electron chi connectivity index (χ3n) is 2.72. The molecule has 1 amide bonds. The highest BCUT2D eigenvalue weighted by atomic mass is 16.3. The summed E-state index contributed by atoms with van der Waals surface area (Å²) in [6.45, 7) is 3.88. The van der Waals surface area contributed by atoms with E-state index in [1.165, 1.54) is 12.8 Å². The minimum Gasteiger partial charge on any atom is -0.393 e. The number of carbonyl (C=O) groups is 1. The molecule has 2 N–H and O–H groups in total. The van der Waals surface area contributed by atoms with Gasteiger partial charge in [0.05, 0.1) is 6.10 Å². The minimum atomic E-state index is -0.369. The van der Waals surface area contributed by atoms with E-state index in [9.17, 15) is 4.79 Å². The molecule has 1 aliphatic rings. The fourth-order valence-electron chi connectivity index (χ4n) is 1.73. The van der Waals surface area contributed by atoms with E-state index in [0.29, 0.717) is 18.9 Å². The van der Waals surface area contributed by atoms with Crippen LogP contribution in [0.1, 0.15) is 46.0 Å². The van der Waals surface area contributed by atoms with Crippen molar-refractivity contribution in [3.63, 3.8) is 0 Å². The standard InChI is InChI=1S/C11H21NO2/c1-3-4-9-7-10(9)12-11(14)6-5-8(2)13/h8-10,13H,3-7H2,1-2H3,(H,12,14). The molecule has 3 unspecified atom stereocenters. The van der Waals surface area contributed by atoms with Crippen molar-refractivity contribution in [1.29, 1.82) is 0 Å². The molecule has 1 aliphatic carbocycles. The molecule has 0 aliphatic heterocycles. The summed E-state index contributed by atoms with van der Waals surface area (Å²) < 4.78 is 0. The van der Waals surface area contributed by atoms with E-state index in [0.717, 1.165) is 12.3 Å². The van der Waals surface area contributed by atoms with Gasteiger partial charge in [-0.1, -0.05) is 13.3 Å². The largest absolute Gasteiger partial charge is 0.393 e. The number of aliphatic hydroxyl groups excluding tert-OH is 1. The van der Waals surface area contributed by atoms with E-state index in [4.69, 9.17) is 5.11 Å². The van der Waals surface area contributed by atoms with Crippen LogP contribution >= 0.6 is 0 Å². The van der Waals surface area contributed by atoms with Gasteiger partial charge in [-0.2, -0.15) is 0 Å². The lowest BCUT2D eigenvalue weighted by molar-refractivity contribution is -0.121. The van der Waals surface area contributed by atoms with E-state index >= 15 is 0 Å². The quantitative estimate of drug-likeness (QED) is 0.680. The summed E-state index contributed by atoms with van der Waals surface area (Å²) in [5, 5.41) is 12.0. The third kappa shape index (κ3) is 4.09. The molecular weight excluding hydrogens is 178 g/mol. The van der Waals surface area contributed by atoms with Crippen LogP contribution in [-0.2, 0) is 4.79 Å². The number of carbonyl (C=O) groups excluding carboxylic acids is 1. The summed E-state index contributed by atoms with van der Waals surface area (Å²) >= 11 is 0. The van der Waals surface area contributed by atoms with Crippen LogP contribution in [0.2, 0.25) is 0 Å². The van der Waals surface area contributed by atoms with Crippen molar-refractivity contribution in [3.05, 3.63) is 0 Å². The van der Waals surface area contributed by atoms with E-state index in [2.05, 4.69) is 12.2 Å². The Morgan fingerprint density at radius 1 is 1.64 bits per heavy atom. The Hall–Kier alpha value is -0.570. The fraction of sp³-hybridized carbons (Fsp3) is 0.909. The number of rotatable bonds is 6. The maximum Gasteiger partial charge on any atom is 0.220 e. The van der Waals surface area contributed by atoms with Gasteiger partial charge < -0.3 is 10.4 Å². The zero-order valence-corrected chi connectivity index (χ0v) is 9.12. The molecule has 0 heterocycles. The molecular formula is C11H21NO2. The highest BCUT2D eigenvalue weighted by molar-refractivity contribution is 5.76. The van der Waals surface area contributed by atoms with Crippen LogP contribution in [0.25, 0.3) is 0 Å². The molecule has 3 nitrogen and oxygen atoms in total. The predicted octanol–water partition coefficient (Wildman–Crippen LogP) is 1.45. The first-order chi connectivity index (χ1) is 6.63. The predicted molar refractivity (Wildman–Crippen MR) is 55.9 cm³/mol. The van der Waals surface area contributed by atoms with Crippen LogP contribution in [0.5, 0.6) is 0 Å². The SMILES string of the molecule is CCCC1CC1NC(=O)CCC(C)O. The lowest BCUT2D eigenvalue weighted by Crippen LogP contribution is -2.27. The van der Waals surface area contributed by atoms with Gasteiger partial charge in [-0.15, -0.1) is 0 Å². The van der Waals surface area contributed by atoms with Gasteiger partial charge in [0, 0.05) is 12.5 Å². The van der Waals surface area contributed by atoms with Gasteiger partial charge in [0.1, 0.15) is 0 Å². The van der Waals surface area contributed by atoms with Gasteiger partial charge in [-0.25, -0.2) is 0 Å². The van der Waals surface area contributed by atoms with Crippen LogP contribution in [0.3, 0.4) is 0 Å². The van der Waals surface area contributed by atoms with Gasteiger partial charge in [0.15, 0.2) is 0 Å². The van der Waals surface area contributed by atoms with E-state index in [1.807, 2.05) is 0 Å². The normalized spacial score (nSPS) is 27.1. The number of aliphatic hydroxyl groups is 1. The van der Waals surface area contributed by atoms with Crippen LogP contribution in [0.15, 0.2) is 0 Å². The Morgan fingerprint density at radius 2 is 2.36 bits per heavy atom. The molecule has 3 atom stereocenters. The van der Waals surface area contributed by atoms with Crippen LogP contribution < -0.4 is 5.32 Å². The summed E-state index contributed by atoms with van der Waals surface area (Å²) in [5.41, 5.74) is 0. The molecule has 0 aromatic carbocycles. The molecule has 1 saturated carbocycles. The summed E-state index contributed by atoms with van der Waals surface area (Å²) in [4.78, 5) is 11.3. The lowest BCUT2D eigenvalue weighted by Gasteiger charge is -2.05. The molecule has 0 saturated heterocycles. The zero-order valence-electron chi connectivity index (χ0n) is 9.12. The Labute approximate surface area is 85.9 Å². The molecule has 0 aromatic rings. The Bertz CT molecular complexity index is 192. The monoisotopic (exact) mass is 199 g/mol. The van der Waals surface area contributed by atoms with E-state index < -0.39 is 0 Å². The third-order valence-corrected chi connectivity index (χ3v) is 2.72. The van der Waals surface area contributed by atoms with Crippen molar-refractivity contribution in [2.75, 3.05) is 0 Å². The Morgan fingerprint density at radius 3 is 2.93 bits per heavy atom. The second kappa shape index (κ2) is 5.35. The van der Waals surface area contributed by atoms with Crippen molar-refractivity contribution in [1.82, 2.24) is 5.32 Å². The molecule has 0 aromatic heterocycles. The van der Waals surface area contributed by atoms with Gasteiger partial charge in [-0.05, 0) is 32.1 Å². The number of nitrogens with one attached hydrogen (secondary N) is 1. The molecule has 82 valence electrons. The van der Waals surface area contributed by atoms with Gasteiger partial charge in [0.2, 0.25) is 5.91 Å². The van der Waals surface area contributed by atoms with E-state index in [-0.39, 0.29) is 12.0 Å². The molecule has 0 radical (unpaired) electrons. The fourth-order valence-corrected chi connectivity index (χ4v) is 1.73. The van der Waals surface area contributed by atoms with Crippen LogP contribution in [-0.4, -0.2) is 23.2 Å². The van der Waals surface area contributed by atoms with Gasteiger partial charge in [0.25, 0.3) is 0 Å². The molecule has 0 bridgehead atoms. The number of hydrogen-bond acceptors (Lipinski definition) is 2. The highest BCUT2D eigenvalue weighted by Crippen LogP contribution is 2.34. The van der Waals surface area contributed by atoms with Crippen LogP contribution in [0, 0.1) is 5.92 Å². The topological polar surface area (TPSA) is 49.3 Å². The molecule has 3 heteroatoms.